The minimum absolute atomic E-state index is 0.137. The maximum absolute atomic E-state index is 13.8. The van der Waals surface area contributed by atoms with Crippen LogP contribution in [0.5, 0.6) is 0 Å². The van der Waals surface area contributed by atoms with Crippen molar-refractivity contribution < 1.29 is 4.39 Å². The van der Waals surface area contributed by atoms with E-state index in [-0.39, 0.29) is 17.1 Å². The van der Waals surface area contributed by atoms with Crippen molar-refractivity contribution in [3.05, 3.63) is 65.2 Å². The molecule has 20 heavy (non-hydrogen) atoms. The lowest BCUT2D eigenvalue weighted by Gasteiger charge is -2.11. The van der Waals surface area contributed by atoms with Gasteiger partial charge in [0.15, 0.2) is 0 Å². The van der Waals surface area contributed by atoms with Gasteiger partial charge in [0.05, 0.1) is 10.1 Å². The van der Waals surface area contributed by atoms with E-state index in [1.807, 2.05) is 22.6 Å². The average molecular weight is 409 g/mol. The highest BCUT2D eigenvalue weighted by Crippen LogP contribution is 2.19. The summed E-state index contributed by atoms with van der Waals surface area (Å²) >= 11 is 7.79. The third-order valence-corrected chi connectivity index (χ3v) is 4.01. The SMILES string of the molecule is CCn1cc(I)c(=O)n(Cc2c(F)cccc2Cl)c1=O. The molecule has 1 aromatic heterocycles. The van der Waals surface area contributed by atoms with E-state index in [9.17, 15) is 14.0 Å². The molecule has 0 aliphatic rings. The first-order chi connectivity index (χ1) is 9.45. The third kappa shape index (κ3) is 2.80. The molecule has 0 amide bonds. The number of rotatable bonds is 3. The van der Waals surface area contributed by atoms with Gasteiger partial charge >= 0.3 is 5.69 Å². The van der Waals surface area contributed by atoms with Gasteiger partial charge in [-0.1, -0.05) is 17.7 Å². The summed E-state index contributed by atoms with van der Waals surface area (Å²) in [6.45, 7) is 2.04. The van der Waals surface area contributed by atoms with Crippen LogP contribution in [-0.2, 0) is 13.1 Å². The van der Waals surface area contributed by atoms with Crippen LogP contribution < -0.4 is 11.2 Å². The number of hydrogen-bond donors (Lipinski definition) is 0. The van der Waals surface area contributed by atoms with Gasteiger partial charge in [0, 0.05) is 23.3 Å². The zero-order valence-electron chi connectivity index (χ0n) is 10.6. The highest BCUT2D eigenvalue weighted by Gasteiger charge is 2.13. The minimum atomic E-state index is -0.536. The number of benzene rings is 1. The molecular formula is C13H11ClFIN2O2. The monoisotopic (exact) mass is 408 g/mol. The Bertz CT molecular complexity index is 750. The Morgan fingerprint density at radius 3 is 2.65 bits per heavy atom. The van der Waals surface area contributed by atoms with Gasteiger partial charge in [-0.05, 0) is 41.6 Å². The number of aromatic nitrogens is 2. The fourth-order valence-corrected chi connectivity index (χ4v) is 2.68. The predicted molar refractivity (Wildman–Crippen MR) is 83.9 cm³/mol. The van der Waals surface area contributed by atoms with Crippen LogP contribution in [0.1, 0.15) is 12.5 Å². The van der Waals surface area contributed by atoms with Crippen molar-refractivity contribution in [2.75, 3.05) is 0 Å². The van der Waals surface area contributed by atoms with Gasteiger partial charge in [0.25, 0.3) is 5.56 Å². The number of aryl methyl sites for hydroxylation is 1. The normalized spacial score (nSPS) is 10.8. The topological polar surface area (TPSA) is 44.0 Å². The lowest BCUT2D eigenvalue weighted by Crippen LogP contribution is -2.41. The predicted octanol–water partition coefficient (Wildman–Crippen LogP) is 2.48. The van der Waals surface area contributed by atoms with Crippen LogP contribution in [0.2, 0.25) is 5.02 Å². The summed E-state index contributed by atoms with van der Waals surface area (Å²) < 4.78 is 16.6. The molecule has 0 unspecified atom stereocenters. The van der Waals surface area contributed by atoms with Crippen molar-refractivity contribution in [2.24, 2.45) is 0 Å². The van der Waals surface area contributed by atoms with Crippen molar-refractivity contribution >= 4 is 34.2 Å². The second-order valence-electron chi connectivity index (χ2n) is 4.14. The molecule has 0 N–H and O–H groups in total. The largest absolute Gasteiger partial charge is 0.331 e. The molecule has 0 fully saturated rings. The highest BCUT2D eigenvalue weighted by molar-refractivity contribution is 14.1. The molecule has 4 nitrogen and oxygen atoms in total. The van der Waals surface area contributed by atoms with Crippen LogP contribution in [0.3, 0.4) is 0 Å². The van der Waals surface area contributed by atoms with Crippen LogP contribution in [0.15, 0.2) is 34.0 Å². The van der Waals surface area contributed by atoms with Crippen LogP contribution in [0.25, 0.3) is 0 Å². The van der Waals surface area contributed by atoms with Gasteiger partial charge in [-0.2, -0.15) is 0 Å². The van der Waals surface area contributed by atoms with Crippen molar-refractivity contribution in [3.63, 3.8) is 0 Å². The average Bonchev–Trinajstić information content (AvgIpc) is 2.41. The smallest absolute Gasteiger partial charge is 0.300 e. The molecule has 0 atom stereocenters. The molecule has 0 radical (unpaired) electrons. The molecule has 0 aliphatic carbocycles. The standard InChI is InChI=1S/C13H11ClFIN2O2/c1-2-17-7-11(16)12(19)18(13(17)20)6-8-9(14)4-3-5-10(8)15/h3-5,7H,2,6H2,1H3. The van der Waals surface area contributed by atoms with Crippen LogP contribution in [0, 0.1) is 9.39 Å². The lowest BCUT2D eigenvalue weighted by molar-refractivity contribution is 0.563. The maximum Gasteiger partial charge on any atom is 0.331 e. The van der Waals surface area contributed by atoms with E-state index in [0.717, 1.165) is 4.57 Å². The molecule has 7 heteroatoms. The van der Waals surface area contributed by atoms with E-state index in [1.165, 1.54) is 29.0 Å². The Balaban J connectivity index is 2.63. The Morgan fingerprint density at radius 2 is 2.05 bits per heavy atom. The van der Waals surface area contributed by atoms with Crippen LogP contribution in [0.4, 0.5) is 4.39 Å². The first-order valence-corrected chi connectivity index (χ1v) is 7.34. The zero-order valence-corrected chi connectivity index (χ0v) is 13.5. The van der Waals surface area contributed by atoms with Gasteiger partial charge in [0.1, 0.15) is 5.82 Å². The molecule has 2 aromatic rings. The molecule has 0 bridgehead atoms. The molecule has 106 valence electrons. The van der Waals surface area contributed by atoms with E-state index in [0.29, 0.717) is 10.1 Å². The zero-order chi connectivity index (χ0) is 14.9. The maximum atomic E-state index is 13.8. The van der Waals surface area contributed by atoms with Crippen LogP contribution in [-0.4, -0.2) is 9.13 Å². The summed E-state index contributed by atoms with van der Waals surface area (Å²) in [4.78, 5) is 24.2. The van der Waals surface area contributed by atoms with Gasteiger partial charge in [-0.25, -0.2) is 9.18 Å². The molecule has 0 saturated heterocycles. The molecule has 1 aromatic carbocycles. The van der Waals surface area contributed by atoms with E-state index < -0.39 is 17.1 Å². The summed E-state index contributed by atoms with van der Waals surface area (Å²) in [6, 6.07) is 4.25. The van der Waals surface area contributed by atoms with E-state index in [1.54, 1.807) is 6.92 Å². The molecule has 0 spiro atoms. The van der Waals surface area contributed by atoms with Gasteiger partial charge in [0.2, 0.25) is 0 Å². The van der Waals surface area contributed by atoms with Crippen molar-refractivity contribution in [2.45, 2.75) is 20.0 Å². The summed E-state index contributed by atoms with van der Waals surface area (Å²) in [7, 11) is 0. The highest BCUT2D eigenvalue weighted by atomic mass is 127. The van der Waals surface area contributed by atoms with Gasteiger partial charge in [-0.3, -0.25) is 13.9 Å². The first-order valence-electron chi connectivity index (χ1n) is 5.88. The summed E-state index contributed by atoms with van der Waals surface area (Å²) in [5, 5.41) is 0.193. The Kier molecular flexibility index (Phi) is 4.64. The van der Waals surface area contributed by atoms with Gasteiger partial charge < -0.3 is 0 Å². The van der Waals surface area contributed by atoms with Gasteiger partial charge in [-0.15, -0.1) is 0 Å². The number of nitrogens with zero attached hydrogens (tertiary/aromatic N) is 2. The molecule has 0 aliphatic heterocycles. The molecular weight excluding hydrogens is 398 g/mol. The Hall–Kier alpha value is -1.15. The number of halogens is 3. The lowest BCUT2D eigenvalue weighted by atomic mass is 10.2. The Labute approximate surface area is 132 Å². The fraction of sp³-hybridized carbons (Fsp3) is 0.231. The van der Waals surface area contributed by atoms with Crippen molar-refractivity contribution in [3.8, 4) is 0 Å². The van der Waals surface area contributed by atoms with Crippen molar-refractivity contribution in [1.82, 2.24) is 9.13 Å². The number of hydrogen-bond acceptors (Lipinski definition) is 2. The fourth-order valence-electron chi connectivity index (χ4n) is 1.83. The van der Waals surface area contributed by atoms with E-state index in [2.05, 4.69) is 0 Å². The molecule has 1 heterocycles. The van der Waals surface area contributed by atoms with Crippen LogP contribution >= 0.6 is 34.2 Å². The second-order valence-corrected chi connectivity index (χ2v) is 5.71. The van der Waals surface area contributed by atoms with E-state index >= 15 is 0 Å². The summed E-state index contributed by atoms with van der Waals surface area (Å²) in [5.74, 6) is -0.536. The third-order valence-electron chi connectivity index (χ3n) is 2.91. The minimum Gasteiger partial charge on any atom is -0.300 e. The quantitative estimate of drug-likeness (QED) is 0.733. The Morgan fingerprint density at radius 1 is 1.35 bits per heavy atom. The van der Waals surface area contributed by atoms with E-state index in [4.69, 9.17) is 11.6 Å². The summed E-state index contributed by atoms with van der Waals surface area (Å²) in [6.07, 6.45) is 1.49. The van der Waals surface area contributed by atoms with Crippen molar-refractivity contribution in [1.29, 1.82) is 0 Å². The molecule has 0 saturated carbocycles. The molecule has 2 rings (SSSR count). The first kappa shape index (κ1) is 15.2. The summed E-state index contributed by atoms with van der Waals surface area (Å²) in [5.41, 5.74) is -0.783. The second kappa shape index (κ2) is 6.09.